The maximum absolute atomic E-state index is 9.98. The van der Waals surface area contributed by atoms with Gasteiger partial charge in [-0.1, -0.05) is 18.0 Å². The summed E-state index contributed by atoms with van der Waals surface area (Å²) >= 11 is 0. The van der Waals surface area contributed by atoms with Gasteiger partial charge in [0.1, 0.15) is 0 Å². The molecule has 0 aliphatic heterocycles. The van der Waals surface area contributed by atoms with Crippen molar-refractivity contribution < 1.29 is 9.63 Å². The van der Waals surface area contributed by atoms with Crippen LogP contribution in [0.25, 0.3) is 11.6 Å². The van der Waals surface area contributed by atoms with Gasteiger partial charge in [-0.3, -0.25) is 0 Å². The molecule has 0 amide bonds. The summed E-state index contributed by atoms with van der Waals surface area (Å²) in [7, 11) is 0. The Bertz CT molecular complexity index is 552. The van der Waals surface area contributed by atoms with E-state index in [0.29, 0.717) is 17.5 Å². The van der Waals surface area contributed by atoms with Gasteiger partial charge in [-0.2, -0.15) is 4.98 Å². The second-order valence-electron chi connectivity index (χ2n) is 5.00. The van der Waals surface area contributed by atoms with E-state index >= 15 is 0 Å². The molecule has 1 aliphatic rings. The molecule has 6 heteroatoms. The highest BCUT2D eigenvalue weighted by molar-refractivity contribution is 5.41. The van der Waals surface area contributed by atoms with Crippen LogP contribution in [0.15, 0.2) is 16.9 Å². The van der Waals surface area contributed by atoms with Crippen molar-refractivity contribution in [2.45, 2.75) is 44.6 Å². The molecule has 0 aromatic carbocycles. The third kappa shape index (κ3) is 2.49. The molecule has 100 valence electrons. The topological polar surface area (TPSA) is 84.9 Å². The van der Waals surface area contributed by atoms with Crippen LogP contribution < -0.4 is 0 Å². The fourth-order valence-corrected chi connectivity index (χ4v) is 2.38. The molecule has 19 heavy (non-hydrogen) atoms. The van der Waals surface area contributed by atoms with Crippen LogP contribution in [-0.4, -0.2) is 31.3 Å². The maximum Gasteiger partial charge on any atom is 0.240 e. The monoisotopic (exact) mass is 260 g/mol. The SMILES string of the molecule is Cc1cnc(-c2noc(C3CCCCC3O)n2)nc1. The molecule has 0 spiro atoms. The fraction of sp³-hybridized carbons (Fsp3) is 0.538. The summed E-state index contributed by atoms with van der Waals surface area (Å²) in [5.74, 6) is 1.27. The van der Waals surface area contributed by atoms with Crippen molar-refractivity contribution >= 4 is 0 Å². The number of aryl methyl sites for hydroxylation is 1. The van der Waals surface area contributed by atoms with Gasteiger partial charge >= 0.3 is 0 Å². The molecule has 0 bridgehead atoms. The van der Waals surface area contributed by atoms with E-state index in [-0.39, 0.29) is 12.0 Å². The summed E-state index contributed by atoms with van der Waals surface area (Å²) in [6.07, 6.45) is 6.86. The van der Waals surface area contributed by atoms with E-state index in [2.05, 4.69) is 20.1 Å². The fourth-order valence-electron chi connectivity index (χ4n) is 2.38. The summed E-state index contributed by atoms with van der Waals surface area (Å²) in [6, 6.07) is 0. The van der Waals surface area contributed by atoms with Crippen molar-refractivity contribution in [3.05, 3.63) is 23.8 Å². The van der Waals surface area contributed by atoms with Gasteiger partial charge in [0.05, 0.1) is 12.0 Å². The van der Waals surface area contributed by atoms with E-state index < -0.39 is 0 Å². The first-order chi connectivity index (χ1) is 9.24. The normalized spacial score (nSPS) is 23.5. The van der Waals surface area contributed by atoms with Crippen LogP contribution >= 0.6 is 0 Å². The molecular formula is C13H16N4O2. The maximum atomic E-state index is 9.98. The summed E-state index contributed by atoms with van der Waals surface area (Å²) in [5.41, 5.74) is 0.982. The zero-order valence-electron chi connectivity index (χ0n) is 10.8. The third-order valence-corrected chi connectivity index (χ3v) is 3.47. The van der Waals surface area contributed by atoms with E-state index in [1.807, 2.05) is 6.92 Å². The number of nitrogens with zero attached hydrogens (tertiary/aromatic N) is 4. The van der Waals surface area contributed by atoms with E-state index in [9.17, 15) is 5.11 Å². The molecule has 3 rings (SSSR count). The quantitative estimate of drug-likeness (QED) is 0.887. The van der Waals surface area contributed by atoms with Gasteiger partial charge in [0.25, 0.3) is 0 Å². The molecule has 2 aromatic heterocycles. The first-order valence-corrected chi connectivity index (χ1v) is 6.55. The van der Waals surface area contributed by atoms with Crippen molar-refractivity contribution in [3.63, 3.8) is 0 Å². The Labute approximate surface area is 110 Å². The lowest BCUT2D eigenvalue weighted by Gasteiger charge is -2.23. The highest BCUT2D eigenvalue weighted by Gasteiger charge is 2.29. The predicted molar refractivity (Wildman–Crippen MR) is 67.3 cm³/mol. The predicted octanol–water partition coefficient (Wildman–Crippen LogP) is 1.85. The summed E-state index contributed by atoms with van der Waals surface area (Å²) in [6.45, 7) is 1.92. The molecule has 0 saturated heterocycles. The Hall–Kier alpha value is -1.82. The molecule has 1 aliphatic carbocycles. The number of aliphatic hydroxyl groups is 1. The van der Waals surface area contributed by atoms with E-state index in [4.69, 9.17) is 4.52 Å². The zero-order chi connectivity index (χ0) is 13.2. The lowest BCUT2D eigenvalue weighted by Crippen LogP contribution is -2.22. The first kappa shape index (κ1) is 12.2. The standard InChI is InChI=1S/C13H16N4O2/c1-8-6-14-11(15-7-8)12-16-13(19-17-12)9-4-2-3-5-10(9)18/h6-7,9-10,18H,2-5H2,1H3. The van der Waals surface area contributed by atoms with Gasteiger partial charge in [-0.25, -0.2) is 9.97 Å². The van der Waals surface area contributed by atoms with E-state index in [1.54, 1.807) is 12.4 Å². The second kappa shape index (κ2) is 5.05. The molecule has 2 unspecified atom stereocenters. The molecule has 1 saturated carbocycles. The van der Waals surface area contributed by atoms with Crippen LogP contribution in [0, 0.1) is 6.92 Å². The van der Waals surface area contributed by atoms with Crippen molar-refractivity contribution in [1.82, 2.24) is 20.1 Å². The number of rotatable bonds is 2. The molecule has 1 N–H and O–H groups in total. The minimum Gasteiger partial charge on any atom is -0.392 e. The number of aliphatic hydroxyl groups excluding tert-OH is 1. The van der Waals surface area contributed by atoms with Crippen molar-refractivity contribution in [2.75, 3.05) is 0 Å². The number of hydrogen-bond donors (Lipinski definition) is 1. The Morgan fingerprint density at radius 3 is 2.63 bits per heavy atom. The van der Waals surface area contributed by atoms with E-state index in [0.717, 1.165) is 31.2 Å². The van der Waals surface area contributed by atoms with Gasteiger partial charge in [0.2, 0.25) is 17.5 Å². The first-order valence-electron chi connectivity index (χ1n) is 6.55. The number of hydrogen-bond acceptors (Lipinski definition) is 6. The smallest absolute Gasteiger partial charge is 0.240 e. The van der Waals surface area contributed by atoms with E-state index in [1.165, 1.54) is 0 Å². The van der Waals surface area contributed by atoms with Crippen LogP contribution in [0.2, 0.25) is 0 Å². The highest BCUT2D eigenvalue weighted by atomic mass is 16.5. The summed E-state index contributed by atoms with van der Waals surface area (Å²) < 4.78 is 5.26. The molecule has 2 atom stereocenters. The minimum absolute atomic E-state index is 0.0551. The molecule has 1 fully saturated rings. The molecule has 2 aromatic rings. The average Bonchev–Trinajstić information content (AvgIpc) is 2.89. The van der Waals surface area contributed by atoms with Crippen LogP contribution in [0.1, 0.15) is 43.1 Å². The van der Waals surface area contributed by atoms with Crippen LogP contribution in [0.3, 0.4) is 0 Å². The van der Waals surface area contributed by atoms with Crippen LogP contribution in [-0.2, 0) is 0 Å². The Morgan fingerprint density at radius 2 is 1.89 bits per heavy atom. The molecule has 6 nitrogen and oxygen atoms in total. The van der Waals surface area contributed by atoms with Crippen molar-refractivity contribution in [2.24, 2.45) is 0 Å². The molecule has 2 heterocycles. The molecular weight excluding hydrogens is 244 g/mol. The van der Waals surface area contributed by atoms with Crippen molar-refractivity contribution in [3.8, 4) is 11.6 Å². The lowest BCUT2D eigenvalue weighted by atomic mass is 9.86. The third-order valence-electron chi connectivity index (χ3n) is 3.47. The van der Waals surface area contributed by atoms with Gasteiger partial charge in [0.15, 0.2) is 0 Å². The summed E-state index contributed by atoms with van der Waals surface area (Å²) in [5, 5.41) is 13.9. The van der Waals surface area contributed by atoms with Gasteiger partial charge in [-0.15, -0.1) is 0 Å². The van der Waals surface area contributed by atoms with Crippen molar-refractivity contribution in [1.29, 1.82) is 0 Å². The Kier molecular flexibility index (Phi) is 3.25. The highest BCUT2D eigenvalue weighted by Crippen LogP contribution is 2.32. The van der Waals surface area contributed by atoms with Gasteiger partial charge < -0.3 is 9.63 Å². The lowest BCUT2D eigenvalue weighted by molar-refractivity contribution is 0.0908. The number of aromatic nitrogens is 4. The largest absolute Gasteiger partial charge is 0.392 e. The van der Waals surface area contributed by atoms with Gasteiger partial charge in [0, 0.05) is 12.4 Å². The Morgan fingerprint density at radius 1 is 1.16 bits per heavy atom. The average molecular weight is 260 g/mol. The molecule has 0 radical (unpaired) electrons. The Balaban J connectivity index is 1.84. The zero-order valence-corrected chi connectivity index (χ0v) is 10.8. The minimum atomic E-state index is -0.388. The van der Waals surface area contributed by atoms with Crippen LogP contribution in [0.4, 0.5) is 0 Å². The summed E-state index contributed by atoms with van der Waals surface area (Å²) in [4.78, 5) is 12.7. The second-order valence-corrected chi connectivity index (χ2v) is 5.00. The van der Waals surface area contributed by atoms with Gasteiger partial charge in [-0.05, 0) is 25.3 Å². The van der Waals surface area contributed by atoms with Crippen LogP contribution in [0.5, 0.6) is 0 Å².